The summed E-state index contributed by atoms with van der Waals surface area (Å²) in [5.74, 6) is 4.22. The highest BCUT2D eigenvalue weighted by Crippen LogP contribution is 2.87. The van der Waals surface area contributed by atoms with Gasteiger partial charge in [-0.05, 0) is 116 Å². The summed E-state index contributed by atoms with van der Waals surface area (Å²) >= 11 is 0. The van der Waals surface area contributed by atoms with Crippen molar-refractivity contribution in [2.24, 2.45) is 57.2 Å². The summed E-state index contributed by atoms with van der Waals surface area (Å²) in [6.45, 7) is 13.8. The van der Waals surface area contributed by atoms with E-state index in [-0.39, 0.29) is 5.41 Å². The number of rotatable bonds is 5. The molecule has 1 N–H and O–H groups in total. The Morgan fingerprint density at radius 1 is 1.15 bits per heavy atom. The molecule has 0 radical (unpaired) electrons. The SMILES string of the molecule is CC(=CCCC(C)C1CC(C)C2C3CCC4C(C)(C)C(=O)CCC45CC35CCC12C)C(=O)O. The summed E-state index contributed by atoms with van der Waals surface area (Å²) in [4.78, 5) is 24.0. The molecule has 184 valence electrons. The minimum absolute atomic E-state index is 0.118. The average molecular weight is 455 g/mol. The van der Waals surface area contributed by atoms with Crippen LogP contribution in [0.25, 0.3) is 0 Å². The zero-order valence-corrected chi connectivity index (χ0v) is 21.9. The smallest absolute Gasteiger partial charge is 0.330 e. The van der Waals surface area contributed by atoms with Crippen molar-refractivity contribution in [3.8, 4) is 0 Å². The molecule has 5 aliphatic carbocycles. The first kappa shape index (κ1) is 23.6. The fraction of sp³-hybridized carbons (Fsp3) is 0.867. The molecule has 9 atom stereocenters. The first-order chi connectivity index (χ1) is 15.4. The molecular weight excluding hydrogens is 408 g/mol. The lowest BCUT2D eigenvalue weighted by atomic mass is 9.45. The number of hydrogen-bond donors (Lipinski definition) is 1. The Bertz CT molecular complexity index is 885. The fourth-order valence-electron chi connectivity index (χ4n) is 11.0. The van der Waals surface area contributed by atoms with Gasteiger partial charge in [-0.3, -0.25) is 4.79 Å². The van der Waals surface area contributed by atoms with E-state index in [0.717, 1.165) is 42.9 Å². The number of carboxylic acids is 1. The van der Waals surface area contributed by atoms with Crippen LogP contribution in [0.3, 0.4) is 0 Å². The van der Waals surface area contributed by atoms with Gasteiger partial charge in [-0.1, -0.05) is 40.7 Å². The summed E-state index contributed by atoms with van der Waals surface area (Å²) in [6.07, 6.45) is 14.0. The lowest BCUT2D eigenvalue weighted by Gasteiger charge is -2.58. The summed E-state index contributed by atoms with van der Waals surface area (Å²) < 4.78 is 0. The molecule has 3 nitrogen and oxygen atoms in total. The lowest BCUT2D eigenvalue weighted by Crippen LogP contribution is -2.54. The van der Waals surface area contributed by atoms with Gasteiger partial charge in [0.05, 0.1) is 0 Å². The second-order valence-electron chi connectivity index (χ2n) is 14.0. The molecule has 5 rings (SSSR count). The van der Waals surface area contributed by atoms with E-state index in [9.17, 15) is 9.59 Å². The van der Waals surface area contributed by atoms with Crippen molar-refractivity contribution in [1.29, 1.82) is 0 Å². The van der Waals surface area contributed by atoms with Gasteiger partial charge in [0.15, 0.2) is 0 Å². The molecule has 0 heterocycles. The van der Waals surface area contributed by atoms with Crippen LogP contribution in [0.1, 0.15) is 106 Å². The molecule has 0 aromatic rings. The van der Waals surface area contributed by atoms with Crippen molar-refractivity contribution < 1.29 is 14.7 Å². The van der Waals surface area contributed by atoms with E-state index in [1.54, 1.807) is 6.92 Å². The Hall–Kier alpha value is -1.12. The minimum atomic E-state index is -0.789. The molecule has 5 fully saturated rings. The zero-order valence-electron chi connectivity index (χ0n) is 21.9. The first-order valence-corrected chi connectivity index (χ1v) is 13.8. The molecule has 0 aromatic carbocycles. The first-order valence-electron chi connectivity index (χ1n) is 13.8. The number of carbonyl (C=O) groups is 2. The highest BCUT2D eigenvalue weighted by Gasteiger charge is 2.80. The van der Waals surface area contributed by atoms with Crippen LogP contribution >= 0.6 is 0 Å². The van der Waals surface area contributed by atoms with Gasteiger partial charge in [-0.25, -0.2) is 4.79 Å². The normalized spacial score (nSPS) is 48.8. The van der Waals surface area contributed by atoms with Gasteiger partial charge in [-0.2, -0.15) is 0 Å². The third-order valence-electron chi connectivity index (χ3n) is 12.5. The molecule has 2 spiro atoms. The molecule has 0 aliphatic heterocycles. The highest BCUT2D eigenvalue weighted by atomic mass is 16.4. The monoisotopic (exact) mass is 454 g/mol. The molecule has 9 unspecified atom stereocenters. The van der Waals surface area contributed by atoms with E-state index in [0.29, 0.717) is 39.4 Å². The Balaban J connectivity index is 1.36. The van der Waals surface area contributed by atoms with E-state index in [2.05, 4.69) is 34.6 Å². The van der Waals surface area contributed by atoms with Crippen molar-refractivity contribution in [3.05, 3.63) is 11.6 Å². The van der Waals surface area contributed by atoms with Gasteiger partial charge >= 0.3 is 5.97 Å². The molecule has 0 amide bonds. The number of Topliss-reactive ketones (excluding diaryl/α,β-unsaturated/α-hetero) is 1. The summed E-state index contributed by atoms with van der Waals surface area (Å²) in [7, 11) is 0. The van der Waals surface area contributed by atoms with Gasteiger partial charge in [0.2, 0.25) is 0 Å². The van der Waals surface area contributed by atoms with E-state index in [4.69, 9.17) is 5.11 Å². The van der Waals surface area contributed by atoms with Crippen molar-refractivity contribution in [2.75, 3.05) is 0 Å². The molecule has 5 saturated carbocycles. The largest absolute Gasteiger partial charge is 0.478 e. The molecule has 0 aromatic heterocycles. The maximum atomic E-state index is 12.8. The van der Waals surface area contributed by atoms with E-state index in [1.807, 2.05) is 6.08 Å². The average Bonchev–Trinajstić information content (AvgIpc) is 3.34. The van der Waals surface area contributed by atoms with Crippen molar-refractivity contribution in [2.45, 2.75) is 106 Å². The number of carbonyl (C=O) groups excluding carboxylic acids is 1. The van der Waals surface area contributed by atoms with E-state index < -0.39 is 5.97 Å². The summed E-state index contributed by atoms with van der Waals surface area (Å²) in [6, 6.07) is 0. The van der Waals surface area contributed by atoms with Crippen LogP contribution in [-0.4, -0.2) is 16.9 Å². The van der Waals surface area contributed by atoms with Gasteiger partial charge in [0, 0.05) is 17.4 Å². The number of fused-ring (bicyclic) bond motifs is 2. The molecular formula is C30H46O3. The maximum absolute atomic E-state index is 12.8. The second-order valence-corrected chi connectivity index (χ2v) is 14.0. The number of ketones is 1. The third-order valence-corrected chi connectivity index (χ3v) is 12.5. The number of hydrogen-bond acceptors (Lipinski definition) is 2. The Morgan fingerprint density at radius 3 is 2.58 bits per heavy atom. The van der Waals surface area contributed by atoms with Crippen LogP contribution in [0.5, 0.6) is 0 Å². The third kappa shape index (κ3) is 3.05. The number of carboxylic acid groups (broad SMARTS) is 1. The molecule has 5 aliphatic rings. The van der Waals surface area contributed by atoms with Gasteiger partial charge in [-0.15, -0.1) is 0 Å². The summed E-state index contributed by atoms with van der Waals surface area (Å²) in [5, 5.41) is 9.17. The second kappa shape index (κ2) is 7.44. The van der Waals surface area contributed by atoms with E-state index in [1.165, 1.54) is 44.9 Å². The maximum Gasteiger partial charge on any atom is 0.330 e. The van der Waals surface area contributed by atoms with E-state index >= 15 is 0 Å². The van der Waals surface area contributed by atoms with Crippen molar-refractivity contribution in [3.63, 3.8) is 0 Å². The van der Waals surface area contributed by atoms with Crippen LogP contribution in [0.15, 0.2) is 11.6 Å². The van der Waals surface area contributed by atoms with Crippen molar-refractivity contribution >= 4 is 11.8 Å². The Kier molecular flexibility index (Phi) is 5.32. The molecule has 0 bridgehead atoms. The number of allylic oxidation sites excluding steroid dienone is 1. The topological polar surface area (TPSA) is 54.4 Å². The standard InChI is InChI=1S/C30H46O3/c1-18(8-7-9-19(2)26(32)33)22-16-20(3)25-21-10-11-23-27(4,5)24(31)12-13-30(23)17-29(21,30)15-14-28(22,25)6/h9,18,20-23,25H,7-8,10-17H2,1-6H3,(H,32,33). The fourth-order valence-corrected chi connectivity index (χ4v) is 11.0. The predicted octanol–water partition coefficient (Wildman–Crippen LogP) is 7.30. The summed E-state index contributed by atoms with van der Waals surface area (Å²) in [5.41, 5.74) is 1.79. The molecule has 0 saturated heterocycles. The number of aliphatic carboxylic acids is 1. The highest BCUT2D eigenvalue weighted by molar-refractivity contribution is 5.86. The zero-order chi connectivity index (χ0) is 24.0. The Labute approximate surface area is 201 Å². The predicted molar refractivity (Wildman–Crippen MR) is 132 cm³/mol. The lowest BCUT2D eigenvalue weighted by molar-refractivity contribution is -0.146. The minimum Gasteiger partial charge on any atom is -0.478 e. The molecule has 3 heteroatoms. The van der Waals surface area contributed by atoms with Crippen LogP contribution in [-0.2, 0) is 9.59 Å². The van der Waals surface area contributed by atoms with Gasteiger partial charge in [0.25, 0.3) is 0 Å². The molecule has 33 heavy (non-hydrogen) atoms. The van der Waals surface area contributed by atoms with Crippen LogP contribution in [0.2, 0.25) is 0 Å². The van der Waals surface area contributed by atoms with Crippen molar-refractivity contribution in [1.82, 2.24) is 0 Å². The Morgan fingerprint density at radius 2 is 1.88 bits per heavy atom. The quantitative estimate of drug-likeness (QED) is 0.443. The van der Waals surface area contributed by atoms with Gasteiger partial charge < -0.3 is 5.11 Å². The van der Waals surface area contributed by atoms with Crippen LogP contribution in [0, 0.1) is 57.2 Å². The van der Waals surface area contributed by atoms with Gasteiger partial charge in [0.1, 0.15) is 5.78 Å². The van der Waals surface area contributed by atoms with Crippen LogP contribution < -0.4 is 0 Å². The van der Waals surface area contributed by atoms with Crippen LogP contribution in [0.4, 0.5) is 0 Å².